The molecule has 1 saturated heterocycles. The topological polar surface area (TPSA) is 32.3 Å². The Kier molecular flexibility index (Phi) is 6.91. The summed E-state index contributed by atoms with van der Waals surface area (Å²) in [7, 11) is 0. The molecule has 0 aliphatic carbocycles. The van der Waals surface area contributed by atoms with E-state index in [-0.39, 0.29) is 5.92 Å². The van der Waals surface area contributed by atoms with Gasteiger partial charge in [-0.1, -0.05) is 50.6 Å². The van der Waals surface area contributed by atoms with Crippen molar-refractivity contribution in [3.8, 4) is 0 Å². The number of carbonyl (C=O) groups excluding carboxylic acids is 1. The second-order valence-electron chi connectivity index (χ2n) is 6.33. The molecule has 122 valence electrons. The van der Waals surface area contributed by atoms with E-state index in [4.69, 9.17) is 0 Å². The molecule has 0 spiro atoms. The minimum atomic E-state index is 0.0384. The lowest BCUT2D eigenvalue weighted by atomic mass is 9.90. The molecular weight excluding hydrogens is 272 g/mol. The lowest BCUT2D eigenvalue weighted by molar-refractivity contribution is -0.134. The van der Waals surface area contributed by atoms with E-state index in [1.54, 1.807) is 0 Å². The van der Waals surface area contributed by atoms with E-state index in [2.05, 4.69) is 36.2 Å². The van der Waals surface area contributed by atoms with Crippen LogP contribution in [0.4, 0.5) is 0 Å². The van der Waals surface area contributed by atoms with Crippen molar-refractivity contribution in [3.05, 3.63) is 35.9 Å². The molecule has 1 aliphatic rings. The van der Waals surface area contributed by atoms with Gasteiger partial charge in [-0.3, -0.25) is 4.79 Å². The van der Waals surface area contributed by atoms with Crippen LogP contribution in [0, 0.1) is 5.92 Å². The Morgan fingerprint density at radius 3 is 2.50 bits per heavy atom. The fourth-order valence-corrected chi connectivity index (χ4v) is 3.33. The maximum atomic E-state index is 12.9. The third kappa shape index (κ3) is 4.57. The summed E-state index contributed by atoms with van der Waals surface area (Å²) in [5.74, 6) is 1.09. The van der Waals surface area contributed by atoms with E-state index in [0.717, 1.165) is 57.8 Å². The first-order valence-electron chi connectivity index (χ1n) is 8.80. The summed E-state index contributed by atoms with van der Waals surface area (Å²) in [6, 6.07) is 10.3. The number of benzene rings is 1. The average molecular weight is 302 g/mol. The van der Waals surface area contributed by atoms with Crippen molar-refractivity contribution < 1.29 is 4.79 Å². The summed E-state index contributed by atoms with van der Waals surface area (Å²) in [6.07, 6.45) is 4.25. The summed E-state index contributed by atoms with van der Waals surface area (Å²) in [5.41, 5.74) is 1.17. The molecule has 1 aromatic rings. The van der Waals surface area contributed by atoms with Crippen LogP contribution in [0.3, 0.4) is 0 Å². The molecule has 1 atom stereocenters. The van der Waals surface area contributed by atoms with Crippen LogP contribution in [0.2, 0.25) is 0 Å². The summed E-state index contributed by atoms with van der Waals surface area (Å²) in [5, 5.41) is 3.43. The number of likely N-dealkylation sites (tertiary alicyclic amines) is 1. The summed E-state index contributed by atoms with van der Waals surface area (Å²) in [6.45, 7) is 8.27. The van der Waals surface area contributed by atoms with Crippen molar-refractivity contribution >= 4 is 5.91 Å². The lowest BCUT2D eigenvalue weighted by Gasteiger charge is -2.34. The molecule has 1 fully saturated rings. The first-order chi connectivity index (χ1) is 10.8. The number of hydrogen-bond acceptors (Lipinski definition) is 2. The highest BCUT2D eigenvalue weighted by Crippen LogP contribution is 2.26. The van der Waals surface area contributed by atoms with Crippen LogP contribution in [0.25, 0.3) is 0 Å². The lowest BCUT2D eigenvalue weighted by Crippen LogP contribution is -2.42. The summed E-state index contributed by atoms with van der Waals surface area (Å²) in [4.78, 5) is 15.0. The number of carbonyl (C=O) groups is 1. The van der Waals surface area contributed by atoms with E-state index in [0.29, 0.717) is 5.91 Å². The minimum absolute atomic E-state index is 0.0384. The zero-order chi connectivity index (χ0) is 15.8. The van der Waals surface area contributed by atoms with Gasteiger partial charge in [-0.05, 0) is 43.8 Å². The van der Waals surface area contributed by atoms with Crippen LogP contribution in [0.1, 0.15) is 51.0 Å². The number of amides is 1. The van der Waals surface area contributed by atoms with E-state index in [1.807, 2.05) is 18.2 Å². The molecular formula is C19H30N2O. The average Bonchev–Trinajstić information content (AvgIpc) is 2.58. The third-order valence-electron chi connectivity index (χ3n) is 4.69. The zero-order valence-corrected chi connectivity index (χ0v) is 14.1. The molecule has 3 nitrogen and oxygen atoms in total. The van der Waals surface area contributed by atoms with Gasteiger partial charge in [0.05, 0.1) is 5.92 Å². The molecule has 22 heavy (non-hydrogen) atoms. The van der Waals surface area contributed by atoms with Gasteiger partial charge in [-0.25, -0.2) is 0 Å². The minimum Gasteiger partial charge on any atom is -0.342 e. The highest BCUT2D eigenvalue weighted by atomic mass is 16.2. The van der Waals surface area contributed by atoms with Gasteiger partial charge in [0, 0.05) is 13.1 Å². The van der Waals surface area contributed by atoms with E-state index < -0.39 is 0 Å². The summed E-state index contributed by atoms with van der Waals surface area (Å²) < 4.78 is 0. The Morgan fingerprint density at radius 2 is 1.91 bits per heavy atom. The molecule has 0 bridgehead atoms. The van der Waals surface area contributed by atoms with Crippen LogP contribution < -0.4 is 5.32 Å². The second-order valence-corrected chi connectivity index (χ2v) is 6.33. The van der Waals surface area contributed by atoms with Crippen molar-refractivity contribution in [3.63, 3.8) is 0 Å². The quantitative estimate of drug-likeness (QED) is 0.837. The molecule has 1 aliphatic heterocycles. The standard InChI is InChI=1S/C19H30N2O/c1-3-8-18(17-9-6-5-7-10-17)19(22)21-13-11-16(12-14-21)15-20-4-2/h5-7,9-10,16,18,20H,3-4,8,11-15H2,1-2H3. The molecule has 0 radical (unpaired) electrons. The molecule has 1 amide bonds. The molecule has 1 heterocycles. The number of nitrogens with one attached hydrogen (secondary N) is 1. The first-order valence-corrected chi connectivity index (χ1v) is 8.80. The van der Waals surface area contributed by atoms with Crippen LogP contribution in [-0.4, -0.2) is 37.0 Å². The predicted molar refractivity (Wildman–Crippen MR) is 91.9 cm³/mol. The zero-order valence-electron chi connectivity index (χ0n) is 14.1. The van der Waals surface area contributed by atoms with Crippen LogP contribution in [0.5, 0.6) is 0 Å². The second kappa shape index (κ2) is 8.94. The molecule has 2 rings (SSSR count). The van der Waals surface area contributed by atoms with E-state index in [9.17, 15) is 4.79 Å². The van der Waals surface area contributed by atoms with Gasteiger partial charge in [0.15, 0.2) is 0 Å². The Labute approximate surface area is 135 Å². The van der Waals surface area contributed by atoms with Gasteiger partial charge in [-0.15, -0.1) is 0 Å². The van der Waals surface area contributed by atoms with E-state index >= 15 is 0 Å². The predicted octanol–water partition coefficient (Wildman–Crippen LogP) is 3.42. The number of nitrogens with zero attached hydrogens (tertiary/aromatic N) is 1. The number of piperidine rings is 1. The largest absolute Gasteiger partial charge is 0.342 e. The molecule has 0 saturated carbocycles. The molecule has 3 heteroatoms. The highest BCUT2D eigenvalue weighted by Gasteiger charge is 2.28. The molecule has 0 aromatic heterocycles. The van der Waals surface area contributed by atoms with Gasteiger partial charge < -0.3 is 10.2 Å². The Morgan fingerprint density at radius 1 is 1.23 bits per heavy atom. The Hall–Kier alpha value is -1.35. The maximum Gasteiger partial charge on any atom is 0.230 e. The highest BCUT2D eigenvalue weighted by molar-refractivity contribution is 5.83. The van der Waals surface area contributed by atoms with Crippen LogP contribution in [0.15, 0.2) is 30.3 Å². The number of rotatable bonds is 7. The SMILES string of the molecule is CCCC(C(=O)N1CCC(CNCC)CC1)c1ccccc1. The van der Waals surface area contributed by atoms with Gasteiger partial charge in [0.25, 0.3) is 0 Å². The maximum absolute atomic E-state index is 12.9. The van der Waals surface area contributed by atoms with Crippen LogP contribution in [-0.2, 0) is 4.79 Å². The summed E-state index contributed by atoms with van der Waals surface area (Å²) >= 11 is 0. The fraction of sp³-hybridized carbons (Fsp3) is 0.632. The molecule has 1 N–H and O–H groups in total. The van der Waals surface area contributed by atoms with Crippen molar-refractivity contribution in [2.45, 2.75) is 45.4 Å². The number of hydrogen-bond donors (Lipinski definition) is 1. The Bertz CT molecular complexity index is 438. The van der Waals surface area contributed by atoms with E-state index in [1.165, 1.54) is 5.56 Å². The van der Waals surface area contributed by atoms with Crippen LogP contribution >= 0.6 is 0 Å². The van der Waals surface area contributed by atoms with Crippen molar-refractivity contribution in [1.82, 2.24) is 10.2 Å². The normalized spacial score (nSPS) is 17.5. The van der Waals surface area contributed by atoms with Crippen molar-refractivity contribution in [2.24, 2.45) is 5.92 Å². The molecule has 1 unspecified atom stereocenters. The monoisotopic (exact) mass is 302 g/mol. The van der Waals surface area contributed by atoms with Gasteiger partial charge >= 0.3 is 0 Å². The van der Waals surface area contributed by atoms with Crippen molar-refractivity contribution in [2.75, 3.05) is 26.2 Å². The van der Waals surface area contributed by atoms with Gasteiger partial charge in [0.1, 0.15) is 0 Å². The fourth-order valence-electron chi connectivity index (χ4n) is 3.33. The smallest absolute Gasteiger partial charge is 0.230 e. The Balaban J connectivity index is 1.94. The first kappa shape index (κ1) is 17.0. The van der Waals surface area contributed by atoms with Gasteiger partial charge in [0.2, 0.25) is 5.91 Å². The molecule has 1 aromatic carbocycles. The van der Waals surface area contributed by atoms with Crippen molar-refractivity contribution in [1.29, 1.82) is 0 Å². The third-order valence-corrected chi connectivity index (χ3v) is 4.69. The van der Waals surface area contributed by atoms with Gasteiger partial charge in [-0.2, -0.15) is 0 Å².